The van der Waals surface area contributed by atoms with E-state index in [1.807, 2.05) is 6.08 Å². The van der Waals surface area contributed by atoms with Crippen molar-refractivity contribution in [2.24, 2.45) is 0 Å². The van der Waals surface area contributed by atoms with Crippen LogP contribution in [0.15, 0.2) is 12.2 Å². The van der Waals surface area contributed by atoms with Crippen LogP contribution in [0, 0.1) is 0 Å². The summed E-state index contributed by atoms with van der Waals surface area (Å²) in [5.74, 6) is -0.269. The van der Waals surface area contributed by atoms with Crippen LogP contribution in [0.5, 0.6) is 0 Å². The van der Waals surface area contributed by atoms with Crippen LogP contribution >= 0.6 is 0 Å². The molecule has 0 atom stereocenters. The number of ether oxygens (including phenoxy) is 1. The highest BCUT2D eigenvalue weighted by atomic mass is 16.5. The molecule has 5 heteroatoms. The number of nitrogens with zero attached hydrogens (tertiary/aromatic N) is 2. The van der Waals surface area contributed by atoms with E-state index < -0.39 is 0 Å². The lowest BCUT2D eigenvalue weighted by Crippen LogP contribution is -2.32. The fourth-order valence-electron chi connectivity index (χ4n) is 2.06. The number of aliphatic hydroxyl groups is 1. The highest BCUT2D eigenvalue weighted by Gasteiger charge is 2.12. The minimum atomic E-state index is -0.269. The normalized spacial score (nSPS) is 19.0. The highest BCUT2D eigenvalue weighted by Crippen LogP contribution is 2.02. The van der Waals surface area contributed by atoms with Crippen molar-refractivity contribution in [1.82, 2.24) is 9.80 Å². The quantitative estimate of drug-likeness (QED) is 0.540. The topological polar surface area (TPSA) is 53.0 Å². The summed E-state index contributed by atoms with van der Waals surface area (Å²) in [6.07, 6.45) is 4.47. The molecule has 18 heavy (non-hydrogen) atoms. The first-order valence-electron chi connectivity index (χ1n) is 6.65. The van der Waals surface area contributed by atoms with Gasteiger partial charge in [-0.25, -0.2) is 4.79 Å². The standard InChI is InChI=1S/C13H24N2O3/c1-2-18-13(17)5-3-6-14-7-4-8-15(10-9-14)11-12-16/h3,5,16H,2,4,6-12H2,1H3/b5-3+. The average Bonchev–Trinajstić information content (AvgIpc) is 2.56. The second kappa shape index (κ2) is 9.08. The molecule has 0 aliphatic carbocycles. The fourth-order valence-corrected chi connectivity index (χ4v) is 2.06. The van der Waals surface area contributed by atoms with Crippen LogP contribution in [-0.2, 0) is 9.53 Å². The summed E-state index contributed by atoms with van der Waals surface area (Å²) in [5.41, 5.74) is 0. The Kier molecular flexibility index (Phi) is 7.64. The molecule has 104 valence electrons. The van der Waals surface area contributed by atoms with Crippen molar-refractivity contribution in [2.45, 2.75) is 13.3 Å². The Bertz CT molecular complexity index is 269. The Morgan fingerprint density at radius 1 is 1.28 bits per heavy atom. The van der Waals surface area contributed by atoms with Gasteiger partial charge >= 0.3 is 5.97 Å². The Morgan fingerprint density at radius 2 is 2.00 bits per heavy atom. The van der Waals surface area contributed by atoms with Gasteiger partial charge in [0.15, 0.2) is 0 Å². The molecule has 0 radical (unpaired) electrons. The number of carbonyl (C=O) groups is 1. The molecule has 0 aromatic rings. The van der Waals surface area contributed by atoms with Gasteiger partial charge in [0.1, 0.15) is 0 Å². The number of hydrogen-bond acceptors (Lipinski definition) is 5. The first-order chi connectivity index (χ1) is 8.76. The van der Waals surface area contributed by atoms with E-state index in [1.165, 1.54) is 6.08 Å². The maximum atomic E-state index is 11.1. The van der Waals surface area contributed by atoms with E-state index in [0.717, 1.165) is 45.7 Å². The summed E-state index contributed by atoms with van der Waals surface area (Å²) in [6.45, 7) is 8.02. The SMILES string of the molecule is CCOC(=O)/C=C/CN1CCCN(CCO)CC1. The molecule has 0 unspecified atom stereocenters. The zero-order valence-corrected chi connectivity index (χ0v) is 11.2. The smallest absolute Gasteiger partial charge is 0.330 e. The number of carbonyl (C=O) groups excluding carboxylic acids is 1. The van der Waals surface area contributed by atoms with Gasteiger partial charge in [0, 0.05) is 32.3 Å². The molecule has 1 heterocycles. The van der Waals surface area contributed by atoms with Crippen molar-refractivity contribution in [3.05, 3.63) is 12.2 Å². The molecular weight excluding hydrogens is 232 g/mol. The van der Waals surface area contributed by atoms with E-state index in [-0.39, 0.29) is 12.6 Å². The minimum Gasteiger partial charge on any atom is -0.463 e. The number of esters is 1. The lowest BCUT2D eigenvalue weighted by Gasteiger charge is -2.19. The molecule has 5 nitrogen and oxygen atoms in total. The predicted octanol–water partition coefficient (Wildman–Crippen LogP) is 0.106. The van der Waals surface area contributed by atoms with Crippen molar-refractivity contribution in [2.75, 3.05) is 52.5 Å². The van der Waals surface area contributed by atoms with Crippen molar-refractivity contribution < 1.29 is 14.6 Å². The van der Waals surface area contributed by atoms with E-state index in [0.29, 0.717) is 6.61 Å². The molecule has 0 saturated carbocycles. The zero-order chi connectivity index (χ0) is 13.2. The molecule has 0 aromatic heterocycles. The van der Waals surface area contributed by atoms with Crippen LogP contribution in [0.4, 0.5) is 0 Å². The maximum absolute atomic E-state index is 11.1. The predicted molar refractivity (Wildman–Crippen MR) is 70.4 cm³/mol. The summed E-state index contributed by atoms with van der Waals surface area (Å²) >= 11 is 0. The number of β-amino-alcohol motifs (C(OH)–C–C–N with tert-alkyl or cyclic N) is 1. The number of aliphatic hydroxyl groups excluding tert-OH is 1. The summed E-state index contributed by atoms with van der Waals surface area (Å²) in [7, 11) is 0. The van der Waals surface area contributed by atoms with Gasteiger partial charge in [0.05, 0.1) is 13.2 Å². The molecule has 1 N–H and O–H groups in total. The lowest BCUT2D eigenvalue weighted by atomic mass is 10.3. The first kappa shape index (κ1) is 15.1. The second-order valence-corrected chi connectivity index (χ2v) is 4.37. The van der Waals surface area contributed by atoms with Gasteiger partial charge in [-0.05, 0) is 26.4 Å². The third kappa shape index (κ3) is 6.14. The third-order valence-corrected chi connectivity index (χ3v) is 3.00. The molecule has 0 bridgehead atoms. The molecule has 1 aliphatic rings. The average molecular weight is 256 g/mol. The number of hydrogen-bond donors (Lipinski definition) is 1. The van der Waals surface area contributed by atoms with Crippen LogP contribution < -0.4 is 0 Å². The molecule has 1 aliphatic heterocycles. The van der Waals surface area contributed by atoms with E-state index >= 15 is 0 Å². The Morgan fingerprint density at radius 3 is 2.72 bits per heavy atom. The highest BCUT2D eigenvalue weighted by molar-refractivity contribution is 5.81. The molecule has 1 fully saturated rings. The Labute approximate surface area is 109 Å². The molecule has 0 aromatic carbocycles. The monoisotopic (exact) mass is 256 g/mol. The first-order valence-corrected chi connectivity index (χ1v) is 6.65. The van der Waals surface area contributed by atoms with Gasteiger partial charge in [0.25, 0.3) is 0 Å². The minimum absolute atomic E-state index is 0.225. The molecule has 0 spiro atoms. The summed E-state index contributed by atoms with van der Waals surface area (Å²) in [5, 5.41) is 8.91. The van der Waals surface area contributed by atoms with E-state index in [9.17, 15) is 4.79 Å². The summed E-state index contributed by atoms with van der Waals surface area (Å²) in [6, 6.07) is 0. The summed E-state index contributed by atoms with van der Waals surface area (Å²) < 4.78 is 4.82. The van der Waals surface area contributed by atoms with Crippen LogP contribution in [0.2, 0.25) is 0 Å². The lowest BCUT2D eigenvalue weighted by molar-refractivity contribution is -0.137. The molecule has 1 rings (SSSR count). The fraction of sp³-hybridized carbons (Fsp3) is 0.769. The molecule has 1 saturated heterocycles. The van der Waals surface area contributed by atoms with Gasteiger partial charge in [0.2, 0.25) is 0 Å². The van der Waals surface area contributed by atoms with Crippen molar-refractivity contribution in [3.8, 4) is 0 Å². The van der Waals surface area contributed by atoms with Crippen LogP contribution in [0.3, 0.4) is 0 Å². The van der Waals surface area contributed by atoms with Crippen LogP contribution in [0.25, 0.3) is 0 Å². The van der Waals surface area contributed by atoms with Gasteiger partial charge in [-0.3, -0.25) is 9.80 Å². The largest absolute Gasteiger partial charge is 0.463 e. The van der Waals surface area contributed by atoms with Gasteiger partial charge in [-0.15, -0.1) is 0 Å². The van der Waals surface area contributed by atoms with E-state index in [4.69, 9.17) is 9.84 Å². The zero-order valence-electron chi connectivity index (χ0n) is 11.2. The van der Waals surface area contributed by atoms with Crippen molar-refractivity contribution >= 4 is 5.97 Å². The summed E-state index contributed by atoms with van der Waals surface area (Å²) in [4.78, 5) is 15.7. The maximum Gasteiger partial charge on any atom is 0.330 e. The Hall–Kier alpha value is -0.910. The van der Waals surface area contributed by atoms with Crippen LogP contribution in [0.1, 0.15) is 13.3 Å². The second-order valence-electron chi connectivity index (χ2n) is 4.37. The Balaban J connectivity index is 2.24. The van der Waals surface area contributed by atoms with Crippen molar-refractivity contribution in [3.63, 3.8) is 0 Å². The molecular formula is C13H24N2O3. The van der Waals surface area contributed by atoms with Crippen LogP contribution in [-0.4, -0.2) is 73.4 Å². The van der Waals surface area contributed by atoms with Crippen molar-refractivity contribution in [1.29, 1.82) is 0 Å². The van der Waals surface area contributed by atoms with E-state index in [2.05, 4.69) is 9.80 Å². The van der Waals surface area contributed by atoms with Gasteiger partial charge < -0.3 is 9.84 Å². The third-order valence-electron chi connectivity index (χ3n) is 3.00. The van der Waals surface area contributed by atoms with Gasteiger partial charge in [-0.1, -0.05) is 6.08 Å². The molecule has 0 amide bonds. The van der Waals surface area contributed by atoms with E-state index in [1.54, 1.807) is 6.92 Å². The number of rotatable bonds is 6. The van der Waals surface area contributed by atoms with Gasteiger partial charge in [-0.2, -0.15) is 0 Å².